The Kier molecular flexibility index (Phi) is 7.22. The molecule has 0 aliphatic heterocycles. The van der Waals surface area contributed by atoms with Gasteiger partial charge in [-0.05, 0) is 93.9 Å². The Bertz CT molecular complexity index is 563. The summed E-state index contributed by atoms with van der Waals surface area (Å²) in [7, 11) is 0. The molecule has 2 rings (SSSR count). The third-order valence-corrected chi connectivity index (χ3v) is 6.90. The molecule has 0 saturated carbocycles. The lowest BCUT2D eigenvalue weighted by Gasteiger charge is -2.10. The molecule has 21 heavy (non-hydrogen) atoms. The third kappa shape index (κ3) is 5.06. The second-order valence-corrected chi connectivity index (χ2v) is 7.48. The molecule has 0 saturated heterocycles. The second kappa shape index (κ2) is 8.67. The molecular formula is C15H12Br4O2. The van der Waals surface area contributed by atoms with Crippen molar-refractivity contribution in [1.29, 1.82) is 0 Å². The molecule has 0 fully saturated rings. The first-order chi connectivity index (χ1) is 10.1. The van der Waals surface area contributed by atoms with Crippen molar-refractivity contribution in [3.63, 3.8) is 0 Å². The van der Waals surface area contributed by atoms with Crippen molar-refractivity contribution in [1.82, 2.24) is 0 Å². The summed E-state index contributed by atoms with van der Waals surface area (Å²) in [5.41, 5.74) is 1.20. The molecule has 0 unspecified atom stereocenters. The zero-order valence-corrected chi connectivity index (χ0v) is 17.3. The first-order valence-electron chi connectivity index (χ1n) is 6.17. The number of benzene rings is 2. The van der Waals surface area contributed by atoms with Crippen LogP contribution in [0.1, 0.15) is 5.56 Å². The molecule has 0 aliphatic carbocycles. The van der Waals surface area contributed by atoms with Crippen molar-refractivity contribution in [2.45, 2.75) is 6.42 Å². The summed E-state index contributed by atoms with van der Waals surface area (Å²) in [6.07, 6.45) is 0.822. The first-order valence-corrected chi connectivity index (χ1v) is 9.34. The fraction of sp³-hybridized carbons (Fsp3) is 0.200. The topological polar surface area (TPSA) is 18.5 Å². The fourth-order valence-corrected chi connectivity index (χ4v) is 3.28. The monoisotopic (exact) mass is 540 g/mol. The van der Waals surface area contributed by atoms with Gasteiger partial charge in [0.2, 0.25) is 0 Å². The number of halogens is 4. The molecule has 112 valence electrons. The van der Waals surface area contributed by atoms with E-state index in [4.69, 9.17) is 9.47 Å². The molecule has 2 nitrogen and oxygen atoms in total. The molecular weight excluding hydrogens is 532 g/mol. The van der Waals surface area contributed by atoms with Gasteiger partial charge in [0.25, 0.3) is 0 Å². The lowest BCUT2D eigenvalue weighted by molar-refractivity contribution is 0.0164. The van der Waals surface area contributed by atoms with E-state index in [2.05, 4.69) is 69.8 Å². The van der Waals surface area contributed by atoms with Crippen LogP contribution in [0.2, 0.25) is 0 Å². The van der Waals surface area contributed by atoms with Gasteiger partial charge in [-0.25, -0.2) is 0 Å². The van der Waals surface area contributed by atoms with Gasteiger partial charge < -0.3 is 9.47 Å². The maximum absolute atomic E-state index is 5.59. The van der Waals surface area contributed by atoms with E-state index in [0.29, 0.717) is 6.61 Å². The summed E-state index contributed by atoms with van der Waals surface area (Å²) < 4.78 is 15.1. The number of ether oxygens (including phenoxy) is 2. The highest BCUT2D eigenvalue weighted by molar-refractivity contribution is 9.13. The smallest absolute Gasteiger partial charge is 0.189 e. The normalized spacial score (nSPS) is 10.7. The zero-order chi connectivity index (χ0) is 15.2. The minimum atomic E-state index is 0.223. The van der Waals surface area contributed by atoms with E-state index in [-0.39, 0.29) is 6.79 Å². The van der Waals surface area contributed by atoms with E-state index >= 15 is 0 Å². The SMILES string of the molecule is Brc1cccc(CCOCOc2cccc(Br)c2Br)c1Br. The van der Waals surface area contributed by atoms with Gasteiger partial charge >= 0.3 is 0 Å². The van der Waals surface area contributed by atoms with Crippen LogP contribution < -0.4 is 4.74 Å². The highest BCUT2D eigenvalue weighted by atomic mass is 79.9. The van der Waals surface area contributed by atoms with E-state index in [1.165, 1.54) is 5.56 Å². The zero-order valence-electron chi connectivity index (χ0n) is 10.9. The number of rotatable bonds is 6. The summed E-state index contributed by atoms with van der Waals surface area (Å²) in [4.78, 5) is 0. The Morgan fingerprint density at radius 2 is 1.48 bits per heavy atom. The average molecular weight is 544 g/mol. The minimum absolute atomic E-state index is 0.223. The second-order valence-electron chi connectivity index (χ2n) is 4.19. The van der Waals surface area contributed by atoms with E-state index < -0.39 is 0 Å². The van der Waals surface area contributed by atoms with Crippen molar-refractivity contribution >= 4 is 63.7 Å². The van der Waals surface area contributed by atoms with Gasteiger partial charge in [0.15, 0.2) is 6.79 Å². The Morgan fingerprint density at radius 1 is 0.810 bits per heavy atom. The number of hydrogen-bond donors (Lipinski definition) is 0. The Labute approximate surface area is 157 Å². The third-order valence-electron chi connectivity index (χ3n) is 2.76. The maximum Gasteiger partial charge on any atom is 0.189 e. The Balaban J connectivity index is 1.78. The lowest BCUT2D eigenvalue weighted by atomic mass is 10.2. The molecule has 0 aromatic heterocycles. The highest BCUT2D eigenvalue weighted by Crippen LogP contribution is 2.32. The quantitative estimate of drug-likeness (QED) is 0.313. The Hall–Kier alpha value is 0.120. The van der Waals surface area contributed by atoms with Crippen LogP contribution in [0, 0.1) is 0 Å². The van der Waals surface area contributed by atoms with E-state index in [1.54, 1.807) is 0 Å². The van der Waals surface area contributed by atoms with Crippen molar-refractivity contribution < 1.29 is 9.47 Å². The standard InChI is InChI=1S/C15H12Br4O2/c16-11-4-1-3-10(14(11)18)7-8-20-9-21-13-6-2-5-12(17)15(13)19/h1-6H,7-9H2. The van der Waals surface area contributed by atoms with Crippen molar-refractivity contribution in [3.05, 3.63) is 59.9 Å². The van der Waals surface area contributed by atoms with Crippen LogP contribution in [0.3, 0.4) is 0 Å². The molecule has 0 heterocycles. The summed E-state index contributed by atoms with van der Waals surface area (Å²) >= 11 is 14.0. The predicted molar refractivity (Wildman–Crippen MR) is 98.8 cm³/mol. The summed E-state index contributed by atoms with van der Waals surface area (Å²) in [5, 5.41) is 0. The molecule has 0 aliphatic rings. The fourth-order valence-electron chi connectivity index (χ4n) is 1.68. The molecule has 0 spiro atoms. The van der Waals surface area contributed by atoms with Gasteiger partial charge in [-0.15, -0.1) is 0 Å². The van der Waals surface area contributed by atoms with E-state index in [9.17, 15) is 0 Å². The summed E-state index contributed by atoms with van der Waals surface area (Å²) in [5.74, 6) is 0.757. The molecule has 2 aromatic rings. The summed E-state index contributed by atoms with van der Waals surface area (Å²) in [6, 6.07) is 11.8. The van der Waals surface area contributed by atoms with Gasteiger partial charge in [-0.3, -0.25) is 0 Å². The Morgan fingerprint density at radius 3 is 2.24 bits per heavy atom. The van der Waals surface area contributed by atoms with Crippen molar-refractivity contribution in [2.24, 2.45) is 0 Å². The first kappa shape index (κ1) is 17.5. The molecule has 0 bridgehead atoms. The van der Waals surface area contributed by atoms with Crippen LogP contribution in [0.15, 0.2) is 54.3 Å². The predicted octanol–water partition coefficient (Wildman–Crippen LogP) is 6.33. The van der Waals surface area contributed by atoms with Gasteiger partial charge in [0.05, 0.1) is 11.1 Å². The van der Waals surface area contributed by atoms with E-state index in [0.717, 1.165) is 30.1 Å². The lowest BCUT2D eigenvalue weighted by Crippen LogP contribution is -2.06. The molecule has 0 atom stereocenters. The summed E-state index contributed by atoms with van der Waals surface area (Å²) in [6.45, 7) is 0.821. The average Bonchev–Trinajstić information content (AvgIpc) is 2.47. The maximum atomic E-state index is 5.59. The van der Waals surface area contributed by atoms with Crippen molar-refractivity contribution in [2.75, 3.05) is 13.4 Å². The highest BCUT2D eigenvalue weighted by Gasteiger charge is 2.05. The molecule has 2 aromatic carbocycles. The number of hydrogen-bond acceptors (Lipinski definition) is 2. The van der Waals surface area contributed by atoms with Crippen LogP contribution in [-0.4, -0.2) is 13.4 Å². The van der Waals surface area contributed by atoms with Gasteiger partial charge in [-0.2, -0.15) is 0 Å². The van der Waals surface area contributed by atoms with Gasteiger partial charge in [-0.1, -0.05) is 18.2 Å². The molecule has 0 amide bonds. The largest absolute Gasteiger partial charge is 0.466 e. The van der Waals surface area contributed by atoms with Crippen LogP contribution in [0.25, 0.3) is 0 Å². The van der Waals surface area contributed by atoms with E-state index in [1.807, 2.05) is 30.3 Å². The van der Waals surface area contributed by atoms with Crippen LogP contribution in [0.4, 0.5) is 0 Å². The molecule has 0 radical (unpaired) electrons. The van der Waals surface area contributed by atoms with Gasteiger partial charge in [0.1, 0.15) is 5.75 Å². The minimum Gasteiger partial charge on any atom is -0.466 e. The molecule has 6 heteroatoms. The molecule has 0 N–H and O–H groups in total. The van der Waals surface area contributed by atoms with Crippen LogP contribution in [0.5, 0.6) is 5.75 Å². The van der Waals surface area contributed by atoms with Crippen LogP contribution in [-0.2, 0) is 11.2 Å². The van der Waals surface area contributed by atoms with Crippen molar-refractivity contribution in [3.8, 4) is 5.75 Å². The van der Waals surface area contributed by atoms with Gasteiger partial charge in [0, 0.05) is 13.4 Å². The van der Waals surface area contributed by atoms with Crippen LogP contribution >= 0.6 is 63.7 Å².